The molecule has 22 heavy (non-hydrogen) atoms. The van der Waals surface area contributed by atoms with E-state index in [1.54, 1.807) is 32.0 Å². The number of rotatable bonds is 5. The molecule has 4 nitrogen and oxygen atoms in total. The first-order chi connectivity index (χ1) is 10.3. The number of halogens is 2. The quantitative estimate of drug-likeness (QED) is 0.881. The Morgan fingerprint density at radius 3 is 2.82 bits per heavy atom. The van der Waals surface area contributed by atoms with Gasteiger partial charge in [0.15, 0.2) is 5.60 Å². The van der Waals surface area contributed by atoms with Gasteiger partial charge in [0.1, 0.15) is 5.75 Å². The van der Waals surface area contributed by atoms with Crippen molar-refractivity contribution in [3.05, 3.63) is 28.2 Å². The van der Waals surface area contributed by atoms with Gasteiger partial charge in [-0.15, -0.1) is 0 Å². The minimum atomic E-state index is -1.07. The fraction of sp³-hybridized carbons (Fsp3) is 0.562. The third kappa shape index (κ3) is 4.28. The van der Waals surface area contributed by atoms with Crippen LogP contribution in [-0.4, -0.2) is 30.3 Å². The molecule has 1 amide bonds. The molecule has 0 saturated carbocycles. The van der Waals surface area contributed by atoms with Gasteiger partial charge in [-0.05, 0) is 45.7 Å². The van der Waals surface area contributed by atoms with Crippen molar-refractivity contribution in [1.82, 2.24) is 5.32 Å². The molecule has 1 fully saturated rings. The number of amides is 1. The zero-order valence-corrected chi connectivity index (χ0v) is 14.5. The summed E-state index contributed by atoms with van der Waals surface area (Å²) in [5, 5.41) is 3.87. The molecular formula is C16H21Cl2NO3. The van der Waals surface area contributed by atoms with Crippen molar-refractivity contribution in [2.24, 2.45) is 0 Å². The van der Waals surface area contributed by atoms with Gasteiger partial charge in [-0.3, -0.25) is 4.79 Å². The molecule has 122 valence electrons. The summed E-state index contributed by atoms with van der Waals surface area (Å²) in [5.41, 5.74) is -1.07. The highest BCUT2D eigenvalue weighted by molar-refractivity contribution is 6.34. The van der Waals surface area contributed by atoms with E-state index in [1.165, 1.54) is 0 Å². The number of hydrogen-bond acceptors (Lipinski definition) is 3. The molecule has 6 heteroatoms. The molecule has 1 aromatic carbocycles. The highest BCUT2D eigenvalue weighted by atomic mass is 35.5. The number of carbonyl (C=O) groups excluding carboxylic acids is 1. The van der Waals surface area contributed by atoms with Crippen molar-refractivity contribution < 1.29 is 14.3 Å². The number of benzene rings is 1. The van der Waals surface area contributed by atoms with E-state index in [0.717, 1.165) is 19.4 Å². The largest absolute Gasteiger partial charge is 0.476 e. The topological polar surface area (TPSA) is 47.6 Å². The van der Waals surface area contributed by atoms with Gasteiger partial charge in [0.05, 0.1) is 17.2 Å². The fourth-order valence-corrected chi connectivity index (χ4v) is 2.67. The lowest BCUT2D eigenvalue weighted by molar-refractivity contribution is -0.135. The zero-order chi connectivity index (χ0) is 16.3. The Balaban J connectivity index is 2.02. The smallest absolute Gasteiger partial charge is 0.263 e. The second-order valence-electron chi connectivity index (χ2n) is 6.00. The molecule has 0 unspecified atom stereocenters. The Morgan fingerprint density at radius 1 is 1.45 bits per heavy atom. The van der Waals surface area contributed by atoms with E-state index in [9.17, 15) is 4.79 Å². The van der Waals surface area contributed by atoms with Gasteiger partial charge < -0.3 is 14.8 Å². The van der Waals surface area contributed by atoms with Crippen LogP contribution in [0.2, 0.25) is 10.0 Å². The Morgan fingerprint density at radius 2 is 2.18 bits per heavy atom. The summed E-state index contributed by atoms with van der Waals surface area (Å²) in [6, 6.07) is 4.85. The Labute approximate surface area is 141 Å². The minimum Gasteiger partial charge on any atom is -0.476 e. The first kappa shape index (κ1) is 17.4. The molecule has 1 N–H and O–H groups in total. The SMILES string of the molecule is C[C@H](NC(=O)C(C)(C)Oc1cc(Cl)ccc1Cl)[C@@H]1CCCO1. The lowest BCUT2D eigenvalue weighted by Crippen LogP contribution is -2.52. The van der Waals surface area contributed by atoms with E-state index in [0.29, 0.717) is 15.8 Å². The van der Waals surface area contributed by atoms with Crippen molar-refractivity contribution in [3.63, 3.8) is 0 Å². The van der Waals surface area contributed by atoms with Crippen molar-refractivity contribution in [3.8, 4) is 5.75 Å². The summed E-state index contributed by atoms with van der Waals surface area (Å²) < 4.78 is 11.4. The van der Waals surface area contributed by atoms with E-state index >= 15 is 0 Å². The van der Waals surface area contributed by atoms with Gasteiger partial charge in [-0.2, -0.15) is 0 Å². The first-order valence-electron chi connectivity index (χ1n) is 7.36. The summed E-state index contributed by atoms with van der Waals surface area (Å²) in [5.74, 6) is 0.172. The molecule has 1 aromatic rings. The maximum atomic E-state index is 12.5. The standard InChI is InChI=1S/C16H21Cl2NO3/c1-10(13-5-4-8-21-13)19-15(20)16(2,3)22-14-9-11(17)6-7-12(14)18/h6-7,9-10,13H,4-5,8H2,1-3H3,(H,19,20)/t10-,13-/m0/s1. The zero-order valence-electron chi connectivity index (χ0n) is 13.0. The highest BCUT2D eigenvalue weighted by Crippen LogP contribution is 2.31. The van der Waals surface area contributed by atoms with Crippen LogP contribution in [0.5, 0.6) is 5.75 Å². The number of ether oxygens (including phenoxy) is 2. The monoisotopic (exact) mass is 345 g/mol. The Hall–Kier alpha value is -0.970. The third-order valence-electron chi connectivity index (χ3n) is 3.69. The molecule has 2 rings (SSSR count). The van der Waals surface area contributed by atoms with Crippen LogP contribution in [0.25, 0.3) is 0 Å². The molecule has 0 aliphatic carbocycles. The summed E-state index contributed by atoms with van der Waals surface area (Å²) in [7, 11) is 0. The summed E-state index contributed by atoms with van der Waals surface area (Å²) in [6.07, 6.45) is 2.06. The third-order valence-corrected chi connectivity index (χ3v) is 4.23. The van der Waals surface area contributed by atoms with Crippen LogP contribution in [0, 0.1) is 0 Å². The molecule has 0 bridgehead atoms. The van der Waals surface area contributed by atoms with Crippen molar-refractivity contribution in [2.75, 3.05) is 6.61 Å². The Bertz CT molecular complexity index is 542. The summed E-state index contributed by atoms with van der Waals surface area (Å²) >= 11 is 12.0. The van der Waals surface area contributed by atoms with E-state index in [4.69, 9.17) is 32.7 Å². The number of hydrogen-bond donors (Lipinski definition) is 1. The van der Waals surface area contributed by atoms with Crippen LogP contribution < -0.4 is 10.1 Å². The second kappa shape index (κ2) is 7.07. The number of carbonyl (C=O) groups is 1. The number of nitrogens with one attached hydrogen (secondary N) is 1. The molecule has 1 saturated heterocycles. The molecule has 1 heterocycles. The average Bonchev–Trinajstić information content (AvgIpc) is 2.96. The lowest BCUT2D eigenvalue weighted by Gasteiger charge is -2.29. The predicted molar refractivity (Wildman–Crippen MR) is 87.7 cm³/mol. The van der Waals surface area contributed by atoms with Gasteiger partial charge in [0, 0.05) is 17.7 Å². The van der Waals surface area contributed by atoms with Crippen LogP contribution in [0.4, 0.5) is 0 Å². The molecule has 0 aromatic heterocycles. The lowest BCUT2D eigenvalue weighted by atomic mass is 10.1. The maximum Gasteiger partial charge on any atom is 0.263 e. The van der Waals surface area contributed by atoms with Gasteiger partial charge in [-0.1, -0.05) is 23.2 Å². The molecule has 1 aliphatic rings. The minimum absolute atomic E-state index is 0.0623. The van der Waals surface area contributed by atoms with Crippen LogP contribution >= 0.6 is 23.2 Å². The molecule has 0 spiro atoms. The van der Waals surface area contributed by atoms with Gasteiger partial charge >= 0.3 is 0 Å². The van der Waals surface area contributed by atoms with Gasteiger partial charge in [-0.25, -0.2) is 0 Å². The molecule has 0 radical (unpaired) electrons. The van der Waals surface area contributed by atoms with Crippen LogP contribution in [0.3, 0.4) is 0 Å². The van der Waals surface area contributed by atoms with Crippen LogP contribution in [0.1, 0.15) is 33.6 Å². The van der Waals surface area contributed by atoms with E-state index < -0.39 is 5.60 Å². The van der Waals surface area contributed by atoms with Crippen LogP contribution in [-0.2, 0) is 9.53 Å². The van der Waals surface area contributed by atoms with Crippen LogP contribution in [0.15, 0.2) is 18.2 Å². The maximum absolute atomic E-state index is 12.5. The summed E-state index contributed by atoms with van der Waals surface area (Å²) in [4.78, 5) is 12.5. The fourth-order valence-electron chi connectivity index (χ4n) is 2.35. The predicted octanol–water partition coefficient (Wildman–Crippen LogP) is 3.83. The molecular weight excluding hydrogens is 325 g/mol. The molecule has 2 atom stereocenters. The summed E-state index contributed by atoms with van der Waals surface area (Å²) in [6.45, 7) is 6.09. The highest BCUT2D eigenvalue weighted by Gasteiger charge is 2.33. The van der Waals surface area contributed by atoms with Crippen molar-refractivity contribution in [2.45, 2.75) is 51.4 Å². The molecule has 1 aliphatic heterocycles. The van der Waals surface area contributed by atoms with E-state index in [2.05, 4.69) is 5.32 Å². The van der Waals surface area contributed by atoms with Crippen molar-refractivity contribution in [1.29, 1.82) is 0 Å². The normalized spacial score (nSPS) is 19.8. The average molecular weight is 346 g/mol. The van der Waals surface area contributed by atoms with Crippen molar-refractivity contribution >= 4 is 29.1 Å². The van der Waals surface area contributed by atoms with Gasteiger partial charge in [0.2, 0.25) is 0 Å². The second-order valence-corrected chi connectivity index (χ2v) is 6.84. The first-order valence-corrected chi connectivity index (χ1v) is 8.12. The van der Waals surface area contributed by atoms with E-state index in [-0.39, 0.29) is 18.1 Å². The Kier molecular flexibility index (Phi) is 5.59. The van der Waals surface area contributed by atoms with E-state index in [1.807, 2.05) is 6.92 Å². The van der Waals surface area contributed by atoms with Gasteiger partial charge in [0.25, 0.3) is 5.91 Å².